The van der Waals surface area contributed by atoms with E-state index in [0.717, 1.165) is 5.56 Å². The van der Waals surface area contributed by atoms with Gasteiger partial charge in [0.05, 0.1) is 32.0 Å². The van der Waals surface area contributed by atoms with E-state index in [2.05, 4.69) is 121 Å². The van der Waals surface area contributed by atoms with Crippen LogP contribution >= 0.6 is 0 Å². The Labute approximate surface area is 279 Å². The Morgan fingerprint density at radius 1 is 0.667 bits per heavy atom. The average Bonchev–Trinajstić information content (AvgIpc) is 2.88. The molecule has 1 rings (SSSR count). The molecule has 1 aromatic carbocycles. The minimum atomic E-state index is -2.28. The quantitative estimate of drug-likeness (QED) is 0.0796. The van der Waals surface area contributed by atoms with Crippen molar-refractivity contribution in [3.05, 3.63) is 60.2 Å². The number of rotatable bonds is 15. The minimum absolute atomic E-state index is 0.0252. The van der Waals surface area contributed by atoms with Gasteiger partial charge in [0.15, 0.2) is 25.0 Å². The molecular weight excluding hydrogens is 613 g/mol. The number of methoxy groups -OCH3 is 1. The van der Waals surface area contributed by atoms with Crippen molar-refractivity contribution < 1.29 is 27.5 Å². The molecule has 0 radical (unpaired) electrons. The fourth-order valence-electron chi connectivity index (χ4n) is 3.74. The standard InChI is InChI=1S/C36H66O6Si3/c1-28(40-43(12,13)34(2,3)4)30(41-44(14,15)35(5,6)7)23-24-32(42-45(16,17)36(8,9)10)31(25-26-33(37)38-11)39-27-29-21-19-18-20-22-29/h18-26,28,30-32H,27H2,1-17H3/b24-23+,26-25-/t28-,30-,31-,32-/m0/s1. The third-order valence-corrected chi connectivity index (χ3v) is 23.5. The van der Waals surface area contributed by atoms with Crippen LogP contribution in [0.15, 0.2) is 54.6 Å². The van der Waals surface area contributed by atoms with E-state index in [9.17, 15) is 4.79 Å². The molecule has 0 heterocycles. The molecule has 0 aromatic heterocycles. The number of hydrogen-bond acceptors (Lipinski definition) is 6. The molecule has 0 saturated heterocycles. The van der Waals surface area contributed by atoms with E-state index in [1.807, 2.05) is 30.3 Å². The molecule has 0 aliphatic rings. The fourth-order valence-corrected chi connectivity index (χ4v) is 7.70. The lowest BCUT2D eigenvalue weighted by molar-refractivity contribution is -0.134. The zero-order valence-electron chi connectivity index (χ0n) is 31.7. The van der Waals surface area contributed by atoms with Crippen molar-refractivity contribution in [2.75, 3.05) is 7.11 Å². The molecule has 4 atom stereocenters. The third kappa shape index (κ3) is 13.0. The van der Waals surface area contributed by atoms with Crippen molar-refractivity contribution >= 4 is 30.9 Å². The number of hydrogen-bond donors (Lipinski definition) is 0. The van der Waals surface area contributed by atoms with Crippen LogP contribution in [0.4, 0.5) is 0 Å². The summed E-state index contributed by atoms with van der Waals surface area (Å²) in [7, 11) is -5.16. The van der Waals surface area contributed by atoms with Gasteiger partial charge in [0.25, 0.3) is 0 Å². The predicted octanol–water partition coefficient (Wildman–Crippen LogP) is 10.0. The lowest BCUT2D eigenvalue weighted by Gasteiger charge is -2.44. The first-order valence-electron chi connectivity index (χ1n) is 16.4. The fraction of sp³-hybridized carbons (Fsp3) is 0.694. The van der Waals surface area contributed by atoms with E-state index in [-0.39, 0.29) is 27.3 Å². The van der Waals surface area contributed by atoms with Gasteiger partial charge in [0.1, 0.15) is 6.10 Å². The van der Waals surface area contributed by atoms with Crippen LogP contribution in [0.2, 0.25) is 54.4 Å². The van der Waals surface area contributed by atoms with Crippen molar-refractivity contribution in [3.8, 4) is 0 Å². The van der Waals surface area contributed by atoms with Gasteiger partial charge in [0, 0.05) is 6.08 Å². The smallest absolute Gasteiger partial charge is 0.330 e. The van der Waals surface area contributed by atoms with Crippen LogP contribution in [0.1, 0.15) is 74.8 Å². The highest BCUT2D eigenvalue weighted by Gasteiger charge is 2.44. The molecule has 0 amide bonds. The summed E-state index contributed by atoms with van der Waals surface area (Å²) in [5, 5.41) is 0.0534. The minimum Gasteiger partial charge on any atom is -0.466 e. The van der Waals surface area contributed by atoms with Gasteiger partial charge in [-0.2, -0.15) is 0 Å². The molecule has 0 bridgehead atoms. The van der Waals surface area contributed by atoms with Gasteiger partial charge in [-0.3, -0.25) is 0 Å². The summed E-state index contributed by atoms with van der Waals surface area (Å²) in [5.74, 6) is -0.436. The first-order chi connectivity index (χ1) is 20.2. The molecule has 0 N–H and O–H groups in total. The second-order valence-corrected chi connectivity index (χ2v) is 31.1. The van der Waals surface area contributed by atoms with Crippen LogP contribution in [0.3, 0.4) is 0 Å². The molecule has 6 nitrogen and oxygen atoms in total. The third-order valence-electron chi connectivity index (χ3n) is 9.95. The van der Waals surface area contributed by atoms with Crippen LogP contribution < -0.4 is 0 Å². The summed E-state index contributed by atoms with van der Waals surface area (Å²) in [6, 6.07) is 10.0. The largest absolute Gasteiger partial charge is 0.466 e. The number of ether oxygens (including phenoxy) is 2. The van der Waals surface area contributed by atoms with E-state index in [4.69, 9.17) is 22.8 Å². The topological polar surface area (TPSA) is 63.2 Å². The van der Waals surface area contributed by atoms with Crippen molar-refractivity contribution in [1.29, 1.82) is 0 Å². The molecule has 9 heteroatoms. The van der Waals surface area contributed by atoms with E-state index in [1.54, 1.807) is 6.08 Å². The molecule has 0 spiro atoms. The maximum Gasteiger partial charge on any atom is 0.330 e. The van der Waals surface area contributed by atoms with Gasteiger partial charge >= 0.3 is 5.97 Å². The van der Waals surface area contributed by atoms with E-state index >= 15 is 0 Å². The maximum absolute atomic E-state index is 12.2. The van der Waals surface area contributed by atoms with Gasteiger partial charge in [0.2, 0.25) is 0 Å². The highest BCUT2D eigenvalue weighted by Crippen LogP contribution is 2.41. The number of carbonyl (C=O) groups excluding carboxylic acids is 1. The second kappa shape index (κ2) is 16.2. The molecule has 1 aromatic rings. The van der Waals surface area contributed by atoms with Gasteiger partial charge < -0.3 is 22.8 Å². The van der Waals surface area contributed by atoms with E-state index in [1.165, 1.54) is 13.2 Å². The molecule has 45 heavy (non-hydrogen) atoms. The lowest BCUT2D eigenvalue weighted by atomic mass is 10.1. The van der Waals surface area contributed by atoms with Gasteiger partial charge in [-0.05, 0) is 73.0 Å². The van der Waals surface area contributed by atoms with Crippen LogP contribution in [-0.4, -0.2) is 62.4 Å². The second-order valence-electron chi connectivity index (χ2n) is 16.8. The van der Waals surface area contributed by atoms with Crippen molar-refractivity contribution in [3.63, 3.8) is 0 Å². The van der Waals surface area contributed by atoms with Crippen LogP contribution in [0, 0.1) is 0 Å². The van der Waals surface area contributed by atoms with Crippen LogP contribution in [0.5, 0.6) is 0 Å². The Kier molecular flexibility index (Phi) is 15.0. The summed E-state index contributed by atoms with van der Waals surface area (Å²) >= 11 is 0. The highest BCUT2D eigenvalue weighted by atomic mass is 28.4. The van der Waals surface area contributed by atoms with Crippen LogP contribution in [-0.2, 0) is 34.2 Å². The predicted molar refractivity (Wildman–Crippen MR) is 197 cm³/mol. The molecule has 258 valence electrons. The summed E-state index contributed by atoms with van der Waals surface area (Å²) in [6.07, 6.45) is 5.93. The van der Waals surface area contributed by atoms with Crippen molar-refractivity contribution in [1.82, 2.24) is 0 Å². The number of carbonyl (C=O) groups is 1. The lowest BCUT2D eigenvalue weighted by Crippen LogP contribution is -2.50. The van der Waals surface area contributed by atoms with Gasteiger partial charge in [-0.1, -0.05) is 105 Å². The summed E-state index contributed by atoms with van der Waals surface area (Å²) in [5.41, 5.74) is 1.04. The summed E-state index contributed by atoms with van der Waals surface area (Å²) in [6.45, 7) is 36.3. The number of benzene rings is 1. The number of esters is 1. The first-order valence-corrected chi connectivity index (χ1v) is 25.1. The van der Waals surface area contributed by atoms with E-state index < -0.39 is 43.1 Å². The zero-order valence-corrected chi connectivity index (χ0v) is 34.7. The van der Waals surface area contributed by atoms with Crippen molar-refractivity contribution in [2.24, 2.45) is 0 Å². The zero-order chi connectivity index (χ0) is 35.1. The molecule has 0 fully saturated rings. The Bertz CT molecular complexity index is 1110. The van der Waals surface area contributed by atoms with E-state index in [0.29, 0.717) is 6.61 Å². The Morgan fingerprint density at radius 3 is 1.53 bits per heavy atom. The molecule has 0 aliphatic heterocycles. The monoisotopic (exact) mass is 678 g/mol. The molecule has 0 saturated carbocycles. The Hall–Kier alpha value is -1.34. The van der Waals surface area contributed by atoms with Gasteiger partial charge in [-0.25, -0.2) is 4.79 Å². The average molecular weight is 679 g/mol. The summed E-state index contributed by atoms with van der Waals surface area (Å²) < 4.78 is 32.5. The highest BCUT2D eigenvalue weighted by molar-refractivity contribution is 6.75. The summed E-state index contributed by atoms with van der Waals surface area (Å²) in [4.78, 5) is 12.2. The molecular formula is C36H66O6Si3. The van der Waals surface area contributed by atoms with Crippen molar-refractivity contribution in [2.45, 2.75) is 155 Å². The van der Waals surface area contributed by atoms with Crippen LogP contribution in [0.25, 0.3) is 0 Å². The van der Waals surface area contributed by atoms with Gasteiger partial charge in [-0.15, -0.1) is 0 Å². The normalized spacial score (nSPS) is 17.0. The first kappa shape index (κ1) is 41.7. The molecule has 0 aliphatic carbocycles. The Morgan fingerprint density at radius 2 is 1.09 bits per heavy atom. The SMILES string of the molecule is COC(=O)/C=C\[C@H](OCc1ccccc1)[C@H](/C=C/[C@H](O[Si](C)(C)C(C)(C)C)[C@H](C)O[Si](C)(C)C(C)(C)C)O[Si](C)(C)C(C)(C)C. The Balaban J connectivity index is 3.71. The molecule has 0 unspecified atom stereocenters. The maximum atomic E-state index is 12.2.